The van der Waals surface area contributed by atoms with E-state index >= 15 is 0 Å². The fraction of sp³-hybridized carbons (Fsp3) is 0.389. The molecule has 1 unspecified atom stereocenters. The number of hydrogen-bond acceptors (Lipinski definition) is 4. The number of amides is 1. The minimum atomic E-state index is -0.106. The summed E-state index contributed by atoms with van der Waals surface area (Å²) in [4.78, 5) is 14.1. The number of benzene rings is 1. The van der Waals surface area contributed by atoms with Gasteiger partial charge in [-0.05, 0) is 73.6 Å². The monoisotopic (exact) mass is 332 g/mol. The van der Waals surface area contributed by atoms with Gasteiger partial charge in [0.15, 0.2) is 6.61 Å². The summed E-state index contributed by atoms with van der Waals surface area (Å²) in [6.45, 7) is 4.69. The van der Waals surface area contributed by atoms with Gasteiger partial charge in [0, 0.05) is 6.54 Å². The van der Waals surface area contributed by atoms with Crippen molar-refractivity contribution in [2.45, 2.75) is 19.9 Å². The molecule has 0 aliphatic carbocycles. The Bertz CT molecular complexity index is 638. The Morgan fingerprint density at radius 3 is 2.65 bits per heavy atom. The van der Waals surface area contributed by atoms with Crippen LogP contribution < -0.4 is 10.1 Å². The SMILES string of the molecule is Cc1ccc(OCC(=O)NCC(c2ccsc2)N(C)C)cc1C. The number of aryl methyl sites for hydroxylation is 2. The maximum absolute atomic E-state index is 12.0. The molecule has 0 aliphatic rings. The third kappa shape index (κ3) is 5.08. The number of carbonyl (C=O) groups excluding carboxylic acids is 1. The summed E-state index contributed by atoms with van der Waals surface area (Å²) in [5.41, 5.74) is 3.59. The van der Waals surface area contributed by atoms with Crippen molar-refractivity contribution in [1.29, 1.82) is 0 Å². The van der Waals surface area contributed by atoms with Crippen LogP contribution in [0.4, 0.5) is 0 Å². The molecule has 23 heavy (non-hydrogen) atoms. The van der Waals surface area contributed by atoms with Crippen LogP contribution >= 0.6 is 11.3 Å². The average molecular weight is 332 g/mol. The highest BCUT2D eigenvalue weighted by atomic mass is 32.1. The molecule has 0 aliphatic heterocycles. The number of nitrogens with one attached hydrogen (secondary N) is 1. The second-order valence-corrected chi connectivity index (χ2v) is 6.65. The number of carbonyl (C=O) groups is 1. The van der Waals surface area contributed by atoms with Crippen LogP contribution in [0.1, 0.15) is 22.7 Å². The zero-order chi connectivity index (χ0) is 16.8. The fourth-order valence-corrected chi connectivity index (χ4v) is 2.98. The molecule has 0 radical (unpaired) electrons. The molecule has 1 N–H and O–H groups in total. The molecule has 124 valence electrons. The van der Waals surface area contributed by atoms with Gasteiger partial charge in [-0.2, -0.15) is 11.3 Å². The molecule has 2 aromatic rings. The topological polar surface area (TPSA) is 41.6 Å². The van der Waals surface area contributed by atoms with E-state index in [0.29, 0.717) is 6.54 Å². The third-order valence-corrected chi connectivity index (χ3v) is 4.59. The van der Waals surface area contributed by atoms with Gasteiger partial charge in [0.1, 0.15) is 5.75 Å². The Morgan fingerprint density at radius 1 is 1.26 bits per heavy atom. The van der Waals surface area contributed by atoms with Gasteiger partial charge in [-0.15, -0.1) is 0 Å². The van der Waals surface area contributed by atoms with Crippen molar-refractivity contribution in [2.24, 2.45) is 0 Å². The summed E-state index contributed by atoms with van der Waals surface area (Å²) in [5, 5.41) is 7.11. The molecule has 1 atom stereocenters. The van der Waals surface area contributed by atoms with Crippen LogP contribution in [0.25, 0.3) is 0 Å². The zero-order valence-corrected chi connectivity index (χ0v) is 14.9. The smallest absolute Gasteiger partial charge is 0.258 e. The Hall–Kier alpha value is -1.85. The van der Waals surface area contributed by atoms with E-state index in [1.807, 2.05) is 39.2 Å². The van der Waals surface area contributed by atoms with Gasteiger partial charge in [0.05, 0.1) is 6.04 Å². The maximum Gasteiger partial charge on any atom is 0.258 e. The number of rotatable bonds is 7. The first-order valence-corrected chi connectivity index (χ1v) is 8.57. The van der Waals surface area contributed by atoms with Gasteiger partial charge < -0.3 is 15.0 Å². The maximum atomic E-state index is 12.0. The number of thiophene rings is 1. The van der Waals surface area contributed by atoms with Gasteiger partial charge in [-0.3, -0.25) is 4.79 Å². The molecule has 0 fully saturated rings. The minimum absolute atomic E-state index is 0.0340. The van der Waals surface area contributed by atoms with Gasteiger partial charge >= 0.3 is 0 Å². The van der Waals surface area contributed by atoms with Gasteiger partial charge in [-0.25, -0.2) is 0 Å². The third-order valence-electron chi connectivity index (χ3n) is 3.89. The molecule has 0 saturated carbocycles. The van der Waals surface area contributed by atoms with Crippen LogP contribution in [0.3, 0.4) is 0 Å². The van der Waals surface area contributed by atoms with E-state index in [9.17, 15) is 4.79 Å². The van der Waals surface area contributed by atoms with Crippen LogP contribution in [-0.4, -0.2) is 38.1 Å². The Labute approximate surface area is 142 Å². The van der Waals surface area contributed by atoms with Crippen molar-refractivity contribution < 1.29 is 9.53 Å². The van der Waals surface area contributed by atoms with Crippen LogP contribution in [0.15, 0.2) is 35.0 Å². The van der Waals surface area contributed by atoms with Crippen LogP contribution in [0.2, 0.25) is 0 Å². The Balaban J connectivity index is 1.83. The van der Waals surface area contributed by atoms with Crippen molar-refractivity contribution in [3.63, 3.8) is 0 Å². The van der Waals surface area contributed by atoms with Crippen molar-refractivity contribution in [3.05, 3.63) is 51.7 Å². The Morgan fingerprint density at radius 2 is 2.04 bits per heavy atom. The molecular weight excluding hydrogens is 308 g/mol. The van der Waals surface area contributed by atoms with Crippen molar-refractivity contribution in [3.8, 4) is 5.75 Å². The van der Waals surface area contributed by atoms with E-state index in [4.69, 9.17) is 4.74 Å². The van der Waals surface area contributed by atoms with Gasteiger partial charge in [0.2, 0.25) is 0 Å². The highest BCUT2D eigenvalue weighted by molar-refractivity contribution is 7.07. The molecule has 1 heterocycles. The number of nitrogens with zero attached hydrogens (tertiary/aromatic N) is 1. The quantitative estimate of drug-likeness (QED) is 0.847. The molecular formula is C18H24N2O2S. The number of likely N-dealkylation sites (N-methyl/N-ethyl adjacent to an activating group) is 1. The largest absolute Gasteiger partial charge is 0.484 e. The summed E-state index contributed by atoms with van der Waals surface area (Å²) < 4.78 is 5.56. The Kier molecular flexibility index (Phi) is 6.19. The van der Waals surface area contributed by atoms with Crippen LogP contribution in [0, 0.1) is 13.8 Å². The second-order valence-electron chi connectivity index (χ2n) is 5.87. The number of ether oxygens (including phenoxy) is 1. The summed E-state index contributed by atoms with van der Waals surface area (Å²) in [7, 11) is 4.03. The lowest BCUT2D eigenvalue weighted by Crippen LogP contribution is -2.36. The van der Waals surface area contributed by atoms with Crippen LogP contribution in [0.5, 0.6) is 5.75 Å². The van der Waals surface area contributed by atoms with Crippen molar-refractivity contribution in [1.82, 2.24) is 10.2 Å². The van der Waals surface area contributed by atoms with Crippen LogP contribution in [-0.2, 0) is 4.79 Å². The number of hydrogen-bond donors (Lipinski definition) is 1. The van der Waals surface area contributed by atoms with Gasteiger partial charge in [-0.1, -0.05) is 6.07 Å². The predicted octanol–water partition coefficient (Wildman–Crippen LogP) is 3.16. The predicted molar refractivity (Wildman–Crippen MR) is 95.2 cm³/mol. The first-order valence-electron chi connectivity index (χ1n) is 7.62. The molecule has 4 nitrogen and oxygen atoms in total. The first kappa shape index (κ1) is 17.5. The fourth-order valence-electron chi connectivity index (χ4n) is 2.28. The van der Waals surface area contributed by atoms with Gasteiger partial charge in [0.25, 0.3) is 5.91 Å². The molecule has 2 rings (SSSR count). The minimum Gasteiger partial charge on any atom is -0.484 e. The zero-order valence-electron chi connectivity index (χ0n) is 14.1. The standard InChI is InChI=1S/C18H24N2O2S/c1-13-5-6-16(9-14(13)2)22-11-18(21)19-10-17(20(3)4)15-7-8-23-12-15/h5-9,12,17H,10-11H2,1-4H3,(H,19,21). The molecule has 0 spiro atoms. The molecule has 1 aromatic carbocycles. The van der Waals surface area contributed by atoms with E-state index in [1.165, 1.54) is 11.1 Å². The first-order chi connectivity index (χ1) is 11.0. The molecule has 5 heteroatoms. The summed E-state index contributed by atoms with van der Waals surface area (Å²) in [6.07, 6.45) is 0. The van der Waals surface area contributed by atoms with E-state index in [1.54, 1.807) is 11.3 Å². The normalized spacial score (nSPS) is 12.2. The molecule has 0 bridgehead atoms. The molecule has 1 aromatic heterocycles. The molecule has 0 saturated heterocycles. The lowest BCUT2D eigenvalue weighted by molar-refractivity contribution is -0.123. The molecule has 1 amide bonds. The summed E-state index contributed by atoms with van der Waals surface area (Å²) >= 11 is 1.67. The lowest BCUT2D eigenvalue weighted by Gasteiger charge is -2.24. The summed E-state index contributed by atoms with van der Waals surface area (Å²) in [6, 6.07) is 8.11. The van der Waals surface area contributed by atoms with Crippen molar-refractivity contribution in [2.75, 3.05) is 27.2 Å². The average Bonchev–Trinajstić information content (AvgIpc) is 3.02. The van der Waals surface area contributed by atoms with E-state index in [0.717, 1.165) is 11.3 Å². The summed E-state index contributed by atoms with van der Waals surface area (Å²) in [5.74, 6) is 0.621. The highest BCUT2D eigenvalue weighted by Crippen LogP contribution is 2.20. The van der Waals surface area contributed by atoms with E-state index in [2.05, 4.69) is 34.0 Å². The second kappa shape index (κ2) is 8.13. The van der Waals surface area contributed by atoms with E-state index in [-0.39, 0.29) is 18.6 Å². The van der Waals surface area contributed by atoms with E-state index < -0.39 is 0 Å². The highest BCUT2D eigenvalue weighted by Gasteiger charge is 2.15. The van der Waals surface area contributed by atoms with Crippen molar-refractivity contribution >= 4 is 17.2 Å². The lowest BCUT2D eigenvalue weighted by atomic mass is 10.1.